The molecule has 0 bridgehead atoms. The van der Waals surface area contributed by atoms with Gasteiger partial charge in [0.1, 0.15) is 0 Å². The number of fused-ring (bicyclic) bond motifs is 9. The molecule has 1 aromatic rings. The Balaban J connectivity index is 1.40. The Bertz CT molecular complexity index is 1020. The fourth-order valence-corrected chi connectivity index (χ4v) is 12.7. The maximum absolute atomic E-state index is 2.81. The summed E-state index contributed by atoms with van der Waals surface area (Å²) < 4.78 is 0. The third-order valence-electron chi connectivity index (χ3n) is 14.3. The van der Waals surface area contributed by atoms with Crippen LogP contribution >= 0.6 is 0 Å². The van der Waals surface area contributed by atoms with Crippen molar-refractivity contribution in [1.29, 1.82) is 0 Å². The van der Waals surface area contributed by atoms with E-state index in [4.69, 9.17) is 0 Å². The predicted molar refractivity (Wildman–Crippen MR) is 150 cm³/mol. The summed E-state index contributed by atoms with van der Waals surface area (Å²) in [5.41, 5.74) is 9.44. The molecule has 0 spiro atoms. The quantitative estimate of drug-likeness (QED) is 0.400. The minimum Gasteiger partial charge on any atom is -0.0651 e. The van der Waals surface area contributed by atoms with Crippen LogP contribution in [-0.4, -0.2) is 0 Å². The van der Waals surface area contributed by atoms with Gasteiger partial charge in [-0.25, -0.2) is 0 Å². The van der Waals surface area contributed by atoms with Gasteiger partial charge in [0.2, 0.25) is 0 Å². The first-order valence-corrected chi connectivity index (χ1v) is 15.5. The summed E-state index contributed by atoms with van der Waals surface area (Å²) in [7, 11) is 0. The zero-order valence-electron chi connectivity index (χ0n) is 24.4. The van der Waals surface area contributed by atoms with E-state index < -0.39 is 0 Å². The van der Waals surface area contributed by atoms with E-state index in [0.29, 0.717) is 27.1 Å². The average molecular weight is 475 g/mol. The van der Waals surface area contributed by atoms with Gasteiger partial charge in [0.25, 0.3) is 0 Å². The molecular formula is C35H54. The van der Waals surface area contributed by atoms with Crippen LogP contribution < -0.4 is 0 Å². The van der Waals surface area contributed by atoms with Crippen molar-refractivity contribution in [2.45, 2.75) is 138 Å². The minimum atomic E-state index is 0.460. The molecule has 0 N–H and O–H groups in total. The fourth-order valence-electron chi connectivity index (χ4n) is 12.7. The highest BCUT2D eigenvalue weighted by Gasteiger charge is 2.70. The first-order chi connectivity index (χ1) is 16.4. The minimum absolute atomic E-state index is 0.460. The zero-order valence-corrected chi connectivity index (χ0v) is 24.4. The molecule has 0 aromatic heterocycles. The Labute approximate surface area is 217 Å². The van der Waals surface area contributed by atoms with Crippen molar-refractivity contribution in [3.8, 4) is 0 Å². The molecule has 0 amide bonds. The van der Waals surface area contributed by atoms with Gasteiger partial charge in [-0.1, -0.05) is 73.4 Å². The van der Waals surface area contributed by atoms with Crippen molar-refractivity contribution in [2.24, 2.45) is 44.8 Å². The topological polar surface area (TPSA) is 0 Å². The normalized spacial score (nSPS) is 47.8. The Morgan fingerprint density at radius 2 is 1.40 bits per heavy atom. The summed E-state index contributed by atoms with van der Waals surface area (Å²) >= 11 is 0. The van der Waals surface area contributed by atoms with Gasteiger partial charge >= 0.3 is 0 Å². The molecule has 6 rings (SSSR count). The van der Waals surface area contributed by atoms with E-state index in [-0.39, 0.29) is 0 Å². The lowest BCUT2D eigenvalue weighted by Gasteiger charge is -2.73. The van der Waals surface area contributed by atoms with E-state index in [1.54, 1.807) is 22.3 Å². The standard InChI is InChI=1S/C35H54/c1-9-11-24-13-12-23(2)30-25(24)22-33(6)26(30)16-20-34(7)29(33)15-14-28-32(5)19-10-18-31(3,4)27(32)17-21-35(28,34)8/h12-13,26-29H,9-11,14-22H2,1-8H3/t26-,27+,28-,29-,32+,33+,34-,35-/m1/s1. The van der Waals surface area contributed by atoms with Gasteiger partial charge in [0, 0.05) is 0 Å². The SMILES string of the molecule is CCCc1ccc(C)c2c1C[C@@]1(C)[C@@H]2CC[C@]2(C)[C@@H]1CC[C@@H]1[C@@]3(C)CCCC(C)(C)[C@@H]3CC[C@]12C. The monoisotopic (exact) mass is 474 g/mol. The molecule has 5 aliphatic rings. The van der Waals surface area contributed by atoms with Crippen LogP contribution in [0, 0.1) is 51.8 Å². The number of benzene rings is 1. The molecule has 0 heteroatoms. The highest BCUT2D eigenvalue weighted by atomic mass is 14.7. The van der Waals surface area contributed by atoms with Crippen LogP contribution in [0.3, 0.4) is 0 Å². The summed E-state index contributed by atoms with van der Waals surface area (Å²) in [6, 6.07) is 4.96. The molecule has 0 heterocycles. The highest BCUT2D eigenvalue weighted by molar-refractivity contribution is 5.49. The Morgan fingerprint density at radius 3 is 2.09 bits per heavy atom. The van der Waals surface area contributed by atoms with E-state index in [9.17, 15) is 0 Å². The fraction of sp³-hybridized carbons (Fsp3) is 0.829. The second-order valence-corrected chi connectivity index (χ2v) is 15.9. The predicted octanol–water partition coefficient (Wildman–Crippen LogP) is 10.1. The van der Waals surface area contributed by atoms with Crippen LogP contribution in [0.4, 0.5) is 0 Å². The van der Waals surface area contributed by atoms with E-state index >= 15 is 0 Å². The Kier molecular flexibility index (Phi) is 5.35. The molecule has 0 radical (unpaired) electrons. The molecule has 0 nitrogen and oxygen atoms in total. The second kappa shape index (κ2) is 7.63. The molecule has 35 heavy (non-hydrogen) atoms. The van der Waals surface area contributed by atoms with Gasteiger partial charge in [-0.3, -0.25) is 0 Å². The van der Waals surface area contributed by atoms with Crippen molar-refractivity contribution in [3.63, 3.8) is 0 Å². The molecular weight excluding hydrogens is 420 g/mol. The molecule has 0 aliphatic heterocycles. The molecule has 8 atom stereocenters. The van der Waals surface area contributed by atoms with Crippen LogP contribution in [0.5, 0.6) is 0 Å². The van der Waals surface area contributed by atoms with Gasteiger partial charge < -0.3 is 0 Å². The van der Waals surface area contributed by atoms with Gasteiger partial charge in [0.05, 0.1) is 0 Å². The van der Waals surface area contributed by atoms with Gasteiger partial charge in [-0.15, -0.1) is 0 Å². The third-order valence-corrected chi connectivity index (χ3v) is 14.3. The maximum Gasteiger partial charge on any atom is -0.00963 e. The third kappa shape index (κ3) is 2.98. The summed E-state index contributed by atoms with van der Waals surface area (Å²) in [5, 5.41) is 0. The molecule has 1 aromatic carbocycles. The summed E-state index contributed by atoms with van der Waals surface area (Å²) in [6.45, 7) is 21.2. The number of rotatable bonds is 2. The maximum atomic E-state index is 2.81. The molecule has 194 valence electrons. The van der Waals surface area contributed by atoms with Gasteiger partial charge in [0.15, 0.2) is 0 Å². The summed E-state index contributed by atoms with van der Waals surface area (Å²) in [6.07, 6.45) is 17.2. The molecule has 4 saturated carbocycles. The number of hydrogen-bond acceptors (Lipinski definition) is 0. The average Bonchev–Trinajstić information content (AvgIpc) is 3.09. The summed E-state index contributed by atoms with van der Waals surface area (Å²) in [5.74, 6) is 3.54. The number of aryl methyl sites for hydroxylation is 2. The molecule has 0 unspecified atom stereocenters. The highest BCUT2D eigenvalue weighted by Crippen LogP contribution is 2.78. The van der Waals surface area contributed by atoms with Crippen molar-refractivity contribution in [1.82, 2.24) is 0 Å². The van der Waals surface area contributed by atoms with E-state index in [1.807, 2.05) is 0 Å². The van der Waals surface area contributed by atoms with Crippen LogP contribution in [0.25, 0.3) is 0 Å². The van der Waals surface area contributed by atoms with Crippen LogP contribution in [0.1, 0.15) is 141 Å². The van der Waals surface area contributed by atoms with Crippen LogP contribution in [-0.2, 0) is 12.8 Å². The van der Waals surface area contributed by atoms with Crippen molar-refractivity contribution in [2.75, 3.05) is 0 Å². The lowest BCUT2D eigenvalue weighted by Crippen LogP contribution is -2.65. The zero-order chi connectivity index (χ0) is 25.0. The molecule has 0 saturated heterocycles. The van der Waals surface area contributed by atoms with E-state index in [1.165, 1.54) is 77.0 Å². The van der Waals surface area contributed by atoms with E-state index in [0.717, 1.165) is 23.7 Å². The first kappa shape index (κ1) is 24.6. The summed E-state index contributed by atoms with van der Waals surface area (Å²) in [4.78, 5) is 0. The largest absolute Gasteiger partial charge is 0.0651 e. The number of hydrogen-bond donors (Lipinski definition) is 0. The van der Waals surface area contributed by atoms with Crippen molar-refractivity contribution >= 4 is 0 Å². The second-order valence-electron chi connectivity index (χ2n) is 15.9. The lowest BCUT2D eigenvalue weighted by atomic mass is 9.32. The Morgan fingerprint density at radius 1 is 0.743 bits per heavy atom. The van der Waals surface area contributed by atoms with Crippen molar-refractivity contribution < 1.29 is 0 Å². The smallest absolute Gasteiger partial charge is 0.00963 e. The van der Waals surface area contributed by atoms with Crippen molar-refractivity contribution in [3.05, 3.63) is 34.4 Å². The van der Waals surface area contributed by atoms with Gasteiger partial charge in [-0.05, 0) is 144 Å². The lowest BCUT2D eigenvalue weighted by molar-refractivity contribution is -0.235. The molecule has 4 fully saturated rings. The van der Waals surface area contributed by atoms with Crippen LogP contribution in [0.2, 0.25) is 0 Å². The first-order valence-electron chi connectivity index (χ1n) is 15.5. The van der Waals surface area contributed by atoms with Crippen LogP contribution in [0.15, 0.2) is 12.1 Å². The van der Waals surface area contributed by atoms with E-state index in [2.05, 4.69) is 67.5 Å². The van der Waals surface area contributed by atoms with Gasteiger partial charge in [-0.2, -0.15) is 0 Å². The Hall–Kier alpha value is -0.780. The molecule has 5 aliphatic carbocycles.